The van der Waals surface area contributed by atoms with Gasteiger partial charge in [0.1, 0.15) is 0 Å². The fourth-order valence-electron chi connectivity index (χ4n) is 1.35. The number of aliphatic hydroxyl groups excluding tert-OH is 1. The molecule has 17 heavy (non-hydrogen) atoms. The molecule has 0 spiro atoms. The second kappa shape index (κ2) is 6.14. The van der Waals surface area contributed by atoms with Crippen molar-refractivity contribution in [3.8, 4) is 0 Å². The Kier molecular flexibility index (Phi) is 5.11. The predicted molar refractivity (Wildman–Crippen MR) is 67.1 cm³/mol. The quantitative estimate of drug-likeness (QED) is 0.809. The Balaban J connectivity index is 2.63. The van der Waals surface area contributed by atoms with E-state index in [1.807, 2.05) is 13.8 Å². The first-order valence-electron chi connectivity index (χ1n) is 5.70. The lowest BCUT2D eigenvalue weighted by Gasteiger charge is -2.17. The first-order chi connectivity index (χ1) is 7.97. The molecule has 4 nitrogen and oxygen atoms in total. The van der Waals surface area contributed by atoms with Crippen LogP contribution in [0.4, 0.5) is 0 Å². The van der Waals surface area contributed by atoms with Crippen molar-refractivity contribution in [3.63, 3.8) is 0 Å². The van der Waals surface area contributed by atoms with E-state index in [2.05, 4.69) is 4.72 Å². The fourth-order valence-corrected chi connectivity index (χ4v) is 2.42. The van der Waals surface area contributed by atoms with E-state index in [4.69, 9.17) is 0 Å². The topological polar surface area (TPSA) is 66.4 Å². The van der Waals surface area contributed by atoms with E-state index in [9.17, 15) is 13.5 Å². The van der Waals surface area contributed by atoms with Crippen LogP contribution in [0.15, 0.2) is 35.2 Å². The number of hydrogen-bond donors (Lipinski definition) is 2. The molecule has 2 N–H and O–H groups in total. The molecule has 0 saturated heterocycles. The Morgan fingerprint density at radius 1 is 1.29 bits per heavy atom. The first kappa shape index (κ1) is 14.2. The minimum absolute atomic E-state index is 0.0479. The normalized spacial score (nSPS) is 15.5. The van der Waals surface area contributed by atoms with E-state index in [1.54, 1.807) is 18.2 Å². The van der Waals surface area contributed by atoms with Gasteiger partial charge >= 0.3 is 0 Å². The zero-order valence-corrected chi connectivity index (χ0v) is 10.9. The van der Waals surface area contributed by atoms with Gasteiger partial charge in [0.25, 0.3) is 0 Å². The van der Waals surface area contributed by atoms with Crippen LogP contribution in [0.1, 0.15) is 20.3 Å². The molecule has 0 aliphatic heterocycles. The maximum absolute atomic E-state index is 11.8. The summed E-state index contributed by atoms with van der Waals surface area (Å²) in [5.41, 5.74) is 0. The molecule has 0 aromatic heterocycles. The molecule has 1 rings (SSSR count). The summed E-state index contributed by atoms with van der Waals surface area (Å²) in [6.07, 6.45) is 0.160. The molecule has 1 aromatic rings. The monoisotopic (exact) mass is 257 g/mol. The highest BCUT2D eigenvalue weighted by molar-refractivity contribution is 7.89. The van der Waals surface area contributed by atoms with Crippen LogP contribution in [0, 0.1) is 5.92 Å². The van der Waals surface area contributed by atoms with Crippen molar-refractivity contribution in [2.45, 2.75) is 31.3 Å². The van der Waals surface area contributed by atoms with Gasteiger partial charge in [-0.3, -0.25) is 0 Å². The van der Waals surface area contributed by atoms with Crippen molar-refractivity contribution in [1.29, 1.82) is 0 Å². The van der Waals surface area contributed by atoms with E-state index >= 15 is 0 Å². The van der Waals surface area contributed by atoms with Crippen LogP contribution in [-0.2, 0) is 10.0 Å². The predicted octanol–water partition coefficient (Wildman–Crippen LogP) is 1.37. The van der Waals surface area contributed by atoms with E-state index in [0.717, 1.165) is 6.42 Å². The largest absolute Gasteiger partial charge is 0.391 e. The van der Waals surface area contributed by atoms with E-state index < -0.39 is 16.1 Å². The van der Waals surface area contributed by atoms with Crippen molar-refractivity contribution >= 4 is 10.0 Å². The van der Waals surface area contributed by atoms with Crippen molar-refractivity contribution in [2.24, 2.45) is 5.92 Å². The summed E-state index contributed by atoms with van der Waals surface area (Å²) in [5, 5.41) is 9.70. The van der Waals surface area contributed by atoms with Crippen LogP contribution in [0.25, 0.3) is 0 Å². The number of hydrogen-bond acceptors (Lipinski definition) is 3. The summed E-state index contributed by atoms with van der Waals surface area (Å²) >= 11 is 0. The zero-order valence-electron chi connectivity index (χ0n) is 10.1. The fraction of sp³-hybridized carbons (Fsp3) is 0.500. The third-order valence-electron chi connectivity index (χ3n) is 2.84. The van der Waals surface area contributed by atoms with Gasteiger partial charge in [-0.1, -0.05) is 38.5 Å². The Morgan fingerprint density at radius 2 is 1.88 bits per heavy atom. The maximum atomic E-state index is 11.8. The van der Waals surface area contributed by atoms with Gasteiger partial charge in [-0.15, -0.1) is 0 Å². The molecule has 0 aliphatic carbocycles. The molecule has 0 aliphatic rings. The van der Waals surface area contributed by atoms with Gasteiger partial charge in [-0.05, 0) is 18.1 Å². The summed E-state index contributed by atoms with van der Waals surface area (Å²) in [7, 11) is -3.51. The number of nitrogens with one attached hydrogen (secondary N) is 1. The minimum atomic E-state index is -3.51. The van der Waals surface area contributed by atoms with Gasteiger partial charge < -0.3 is 5.11 Å². The van der Waals surface area contributed by atoms with Gasteiger partial charge in [-0.2, -0.15) is 0 Å². The molecule has 1 aromatic carbocycles. The summed E-state index contributed by atoms with van der Waals surface area (Å²) in [6.45, 7) is 3.90. The lowest BCUT2D eigenvalue weighted by Crippen LogP contribution is -2.35. The molecular formula is C12H19NO3S. The van der Waals surface area contributed by atoms with Crippen LogP contribution in [0.3, 0.4) is 0 Å². The molecule has 2 atom stereocenters. The van der Waals surface area contributed by atoms with Crippen molar-refractivity contribution < 1.29 is 13.5 Å². The summed E-state index contributed by atoms with van der Waals surface area (Å²) < 4.78 is 26.1. The summed E-state index contributed by atoms with van der Waals surface area (Å²) in [4.78, 5) is 0.219. The Bertz CT molecular complexity index is 430. The lowest BCUT2D eigenvalue weighted by molar-refractivity contribution is 0.118. The summed E-state index contributed by atoms with van der Waals surface area (Å²) in [5.74, 6) is 0.0773. The Labute approximate surface area is 103 Å². The first-order valence-corrected chi connectivity index (χ1v) is 7.18. The molecule has 0 saturated carbocycles. The van der Waals surface area contributed by atoms with Crippen LogP contribution >= 0.6 is 0 Å². The maximum Gasteiger partial charge on any atom is 0.240 e. The number of sulfonamides is 1. The molecule has 0 radical (unpaired) electrons. The van der Waals surface area contributed by atoms with Crippen LogP contribution < -0.4 is 4.72 Å². The zero-order chi connectivity index (χ0) is 12.9. The molecule has 2 unspecified atom stereocenters. The third kappa shape index (κ3) is 4.11. The van der Waals surface area contributed by atoms with Crippen LogP contribution in [0.5, 0.6) is 0 Å². The van der Waals surface area contributed by atoms with Crippen molar-refractivity contribution in [2.75, 3.05) is 6.54 Å². The second-order valence-corrected chi connectivity index (χ2v) is 5.88. The van der Waals surface area contributed by atoms with Gasteiger partial charge in [0, 0.05) is 6.54 Å². The van der Waals surface area contributed by atoms with E-state index in [-0.39, 0.29) is 17.4 Å². The van der Waals surface area contributed by atoms with E-state index in [1.165, 1.54) is 12.1 Å². The van der Waals surface area contributed by atoms with Crippen LogP contribution in [0.2, 0.25) is 0 Å². The number of rotatable bonds is 6. The smallest absolute Gasteiger partial charge is 0.240 e. The van der Waals surface area contributed by atoms with Crippen molar-refractivity contribution in [3.05, 3.63) is 30.3 Å². The SMILES string of the molecule is CCC(C)C(O)CNS(=O)(=O)c1ccccc1. The molecule has 0 bridgehead atoms. The molecule has 0 amide bonds. The highest BCUT2D eigenvalue weighted by atomic mass is 32.2. The number of aliphatic hydroxyl groups is 1. The van der Waals surface area contributed by atoms with Gasteiger partial charge in [-0.25, -0.2) is 13.1 Å². The lowest BCUT2D eigenvalue weighted by atomic mass is 10.0. The van der Waals surface area contributed by atoms with Crippen molar-refractivity contribution in [1.82, 2.24) is 4.72 Å². The number of benzene rings is 1. The summed E-state index contributed by atoms with van der Waals surface area (Å²) in [6, 6.07) is 8.14. The Morgan fingerprint density at radius 3 is 2.41 bits per heavy atom. The highest BCUT2D eigenvalue weighted by Crippen LogP contribution is 2.10. The highest BCUT2D eigenvalue weighted by Gasteiger charge is 2.17. The minimum Gasteiger partial charge on any atom is -0.391 e. The van der Waals surface area contributed by atoms with Gasteiger partial charge in [0.15, 0.2) is 0 Å². The molecule has 5 heteroatoms. The molecule has 0 heterocycles. The third-order valence-corrected chi connectivity index (χ3v) is 4.28. The van der Waals surface area contributed by atoms with E-state index in [0.29, 0.717) is 0 Å². The van der Waals surface area contributed by atoms with Crippen LogP contribution in [-0.4, -0.2) is 26.2 Å². The average Bonchev–Trinajstić information content (AvgIpc) is 2.36. The molecule has 96 valence electrons. The average molecular weight is 257 g/mol. The standard InChI is InChI=1S/C12H19NO3S/c1-3-10(2)12(14)9-13-17(15,16)11-7-5-4-6-8-11/h4-8,10,12-14H,3,9H2,1-2H3. The second-order valence-electron chi connectivity index (χ2n) is 4.12. The van der Waals surface area contributed by atoms with Gasteiger partial charge in [0.2, 0.25) is 10.0 Å². The molecular weight excluding hydrogens is 238 g/mol. The van der Waals surface area contributed by atoms with Gasteiger partial charge in [0.05, 0.1) is 11.0 Å². The molecule has 0 fully saturated rings. The Hall–Kier alpha value is -0.910.